The molecule has 3 aromatic rings. The molecule has 0 saturated carbocycles. The summed E-state index contributed by atoms with van der Waals surface area (Å²) in [5.74, 6) is 0. The molecule has 0 bridgehead atoms. The molecule has 1 aromatic heterocycles. The Morgan fingerprint density at radius 2 is 1.71 bits per heavy atom. The summed E-state index contributed by atoms with van der Waals surface area (Å²) in [6, 6.07) is 15.4. The van der Waals surface area contributed by atoms with Crippen LogP contribution in [-0.4, -0.2) is 0 Å². The van der Waals surface area contributed by atoms with Gasteiger partial charge < -0.3 is 0 Å². The molecule has 1 heteroatoms. The van der Waals surface area contributed by atoms with Crippen LogP contribution in [0, 0.1) is 6.92 Å². The fraction of sp³-hybridized carbons (Fsp3) is 0.100. The SMILES string of the molecule is C=Cc1sc2cc(-c3ccc(C)cc3)ccc2c1/C=C\C. The molecule has 0 nitrogen and oxygen atoms in total. The molecule has 0 N–H and O–H groups in total. The van der Waals surface area contributed by atoms with Gasteiger partial charge in [-0.05, 0) is 36.6 Å². The Bertz CT molecular complexity index is 817. The summed E-state index contributed by atoms with van der Waals surface area (Å²) in [5, 5.41) is 1.31. The first-order valence-electron chi connectivity index (χ1n) is 7.11. The minimum absolute atomic E-state index is 1.24. The molecule has 0 saturated heterocycles. The highest BCUT2D eigenvalue weighted by Crippen LogP contribution is 2.36. The monoisotopic (exact) mass is 290 g/mol. The number of fused-ring (bicyclic) bond motifs is 1. The molecular formula is C20H18S. The Morgan fingerprint density at radius 3 is 2.38 bits per heavy atom. The molecule has 0 amide bonds. The van der Waals surface area contributed by atoms with Gasteiger partial charge in [-0.15, -0.1) is 11.3 Å². The molecule has 2 aromatic carbocycles. The Morgan fingerprint density at radius 1 is 1.00 bits per heavy atom. The van der Waals surface area contributed by atoms with Crippen molar-refractivity contribution in [3.8, 4) is 11.1 Å². The zero-order chi connectivity index (χ0) is 14.8. The van der Waals surface area contributed by atoms with Crippen molar-refractivity contribution in [1.29, 1.82) is 0 Å². The number of allylic oxidation sites excluding steroid dienone is 1. The molecule has 0 radical (unpaired) electrons. The van der Waals surface area contributed by atoms with Crippen LogP contribution in [0.2, 0.25) is 0 Å². The third-order valence-electron chi connectivity index (χ3n) is 3.66. The lowest BCUT2D eigenvalue weighted by Crippen LogP contribution is -1.79. The van der Waals surface area contributed by atoms with Crippen molar-refractivity contribution in [2.24, 2.45) is 0 Å². The third kappa shape index (κ3) is 2.57. The molecule has 0 aliphatic carbocycles. The molecule has 104 valence electrons. The highest BCUT2D eigenvalue weighted by Gasteiger charge is 2.08. The van der Waals surface area contributed by atoms with Crippen LogP contribution in [0.1, 0.15) is 22.9 Å². The highest BCUT2D eigenvalue weighted by molar-refractivity contribution is 7.20. The van der Waals surface area contributed by atoms with Crippen molar-refractivity contribution in [1.82, 2.24) is 0 Å². The summed E-state index contributed by atoms with van der Waals surface area (Å²) in [6.45, 7) is 8.11. The van der Waals surface area contributed by atoms with Gasteiger partial charge in [-0.25, -0.2) is 0 Å². The molecule has 0 atom stereocenters. The smallest absolute Gasteiger partial charge is 0.0361 e. The normalized spacial score (nSPS) is 11.3. The van der Waals surface area contributed by atoms with Gasteiger partial charge in [-0.3, -0.25) is 0 Å². The van der Waals surface area contributed by atoms with Gasteiger partial charge in [0.25, 0.3) is 0 Å². The van der Waals surface area contributed by atoms with E-state index in [9.17, 15) is 0 Å². The van der Waals surface area contributed by atoms with Crippen molar-refractivity contribution in [2.75, 3.05) is 0 Å². The van der Waals surface area contributed by atoms with Crippen LogP contribution in [0.4, 0.5) is 0 Å². The van der Waals surface area contributed by atoms with Gasteiger partial charge in [0, 0.05) is 15.0 Å². The van der Waals surface area contributed by atoms with Crippen molar-refractivity contribution < 1.29 is 0 Å². The van der Waals surface area contributed by atoms with Crippen molar-refractivity contribution in [3.05, 3.63) is 71.1 Å². The van der Waals surface area contributed by atoms with Gasteiger partial charge in [0.05, 0.1) is 0 Å². The molecule has 1 heterocycles. The fourth-order valence-corrected chi connectivity index (χ4v) is 3.63. The van der Waals surface area contributed by atoms with Gasteiger partial charge in [-0.1, -0.05) is 66.8 Å². The van der Waals surface area contributed by atoms with Gasteiger partial charge >= 0.3 is 0 Å². The topological polar surface area (TPSA) is 0 Å². The number of hydrogen-bond acceptors (Lipinski definition) is 1. The summed E-state index contributed by atoms with van der Waals surface area (Å²) in [5.41, 5.74) is 5.11. The van der Waals surface area contributed by atoms with Crippen LogP contribution in [-0.2, 0) is 0 Å². The van der Waals surface area contributed by atoms with Gasteiger partial charge in [0.2, 0.25) is 0 Å². The molecular weight excluding hydrogens is 272 g/mol. The van der Waals surface area contributed by atoms with E-state index in [1.807, 2.05) is 6.08 Å². The number of aryl methyl sites for hydroxylation is 1. The van der Waals surface area contributed by atoms with Crippen LogP contribution in [0.15, 0.2) is 55.1 Å². The lowest BCUT2D eigenvalue weighted by atomic mass is 10.0. The van der Waals surface area contributed by atoms with E-state index in [1.165, 1.54) is 37.2 Å². The van der Waals surface area contributed by atoms with E-state index in [0.717, 1.165) is 0 Å². The predicted molar refractivity (Wildman–Crippen MR) is 96.8 cm³/mol. The fourth-order valence-electron chi connectivity index (χ4n) is 2.55. The quantitative estimate of drug-likeness (QED) is 0.513. The van der Waals surface area contributed by atoms with E-state index in [1.54, 1.807) is 11.3 Å². The first-order chi connectivity index (χ1) is 10.2. The van der Waals surface area contributed by atoms with E-state index in [2.05, 4.69) is 75.0 Å². The molecule has 0 aliphatic heterocycles. The summed E-state index contributed by atoms with van der Waals surface area (Å²) in [6.07, 6.45) is 6.20. The minimum atomic E-state index is 1.24. The van der Waals surface area contributed by atoms with E-state index >= 15 is 0 Å². The average Bonchev–Trinajstić information content (AvgIpc) is 2.85. The summed E-state index contributed by atoms with van der Waals surface area (Å²) >= 11 is 1.81. The first kappa shape index (κ1) is 13.8. The number of benzene rings is 2. The summed E-state index contributed by atoms with van der Waals surface area (Å²) in [4.78, 5) is 1.24. The van der Waals surface area contributed by atoms with Gasteiger partial charge in [0.15, 0.2) is 0 Å². The molecule has 0 aliphatic rings. The second-order valence-corrected chi connectivity index (χ2v) is 6.24. The van der Waals surface area contributed by atoms with Crippen LogP contribution in [0.25, 0.3) is 33.4 Å². The maximum absolute atomic E-state index is 3.94. The van der Waals surface area contributed by atoms with Crippen molar-refractivity contribution in [3.63, 3.8) is 0 Å². The second kappa shape index (κ2) is 5.71. The summed E-state index contributed by atoms with van der Waals surface area (Å²) in [7, 11) is 0. The van der Waals surface area contributed by atoms with Crippen LogP contribution < -0.4 is 0 Å². The van der Waals surface area contributed by atoms with Crippen LogP contribution in [0.3, 0.4) is 0 Å². The van der Waals surface area contributed by atoms with E-state index < -0.39 is 0 Å². The van der Waals surface area contributed by atoms with E-state index in [-0.39, 0.29) is 0 Å². The number of thiophene rings is 1. The zero-order valence-corrected chi connectivity index (χ0v) is 13.2. The molecule has 21 heavy (non-hydrogen) atoms. The Kier molecular flexibility index (Phi) is 3.76. The number of hydrogen-bond donors (Lipinski definition) is 0. The maximum atomic E-state index is 3.94. The van der Waals surface area contributed by atoms with Crippen molar-refractivity contribution in [2.45, 2.75) is 13.8 Å². The van der Waals surface area contributed by atoms with Crippen molar-refractivity contribution >= 4 is 33.6 Å². The Hall–Kier alpha value is -2.12. The predicted octanol–water partition coefficient (Wildman–Crippen LogP) is 6.55. The molecule has 0 unspecified atom stereocenters. The maximum Gasteiger partial charge on any atom is 0.0361 e. The average molecular weight is 290 g/mol. The third-order valence-corrected chi connectivity index (χ3v) is 4.82. The lowest BCUT2D eigenvalue weighted by Gasteiger charge is -2.03. The lowest BCUT2D eigenvalue weighted by molar-refractivity contribution is 1.47. The van der Waals surface area contributed by atoms with Crippen LogP contribution >= 0.6 is 11.3 Å². The zero-order valence-electron chi connectivity index (χ0n) is 12.4. The largest absolute Gasteiger partial charge is 0.135 e. The highest BCUT2D eigenvalue weighted by atomic mass is 32.1. The first-order valence-corrected chi connectivity index (χ1v) is 7.93. The molecule has 0 spiro atoms. The van der Waals surface area contributed by atoms with E-state index in [4.69, 9.17) is 0 Å². The Balaban J connectivity index is 2.16. The Labute approximate surface area is 130 Å². The molecule has 3 rings (SSSR count). The van der Waals surface area contributed by atoms with Gasteiger partial charge in [-0.2, -0.15) is 0 Å². The van der Waals surface area contributed by atoms with Gasteiger partial charge in [0.1, 0.15) is 0 Å². The van der Waals surface area contributed by atoms with E-state index in [0.29, 0.717) is 0 Å². The second-order valence-electron chi connectivity index (χ2n) is 5.16. The standard InChI is InChI=1S/C20H18S/c1-4-6-17-18-12-11-16(13-20(18)21-19(17)5-2)15-9-7-14(3)8-10-15/h4-13H,2H2,1,3H3/b6-4-. The summed E-state index contributed by atoms with van der Waals surface area (Å²) < 4.78 is 1.32. The number of rotatable bonds is 3. The van der Waals surface area contributed by atoms with Crippen LogP contribution in [0.5, 0.6) is 0 Å². The molecule has 0 fully saturated rings. The minimum Gasteiger partial charge on any atom is -0.135 e.